The molecule has 0 aliphatic rings. The zero-order chi connectivity index (χ0) is 17.1. The Labute approximate surface area is 141 Å². The SMILES string of the molecule is COc1ccccc1[C@H](C)N[C@H](C)C(=O)c1c[nH]c2ccccc12. The number of aromatic nitrogens is 1. The van der Waals surface area contributed by atoms with Gasteiger partial charge in [-0.2, -0.15) is 0 Å². The van der Waals surface area contributed by atoms with Crippen LogP contribution in [-0.4, -0.2) is 23.9 Å². The topological polar surface area (TPSA) is 54.1 Å². The van der Waals surface area contributed by atoms with E-state index in [4.69, 9.17) is 4.74 Å². The van der Waals surface area contributed by atoms with Gasteiger partial charge in [0.05, 0.1) is 13.2 Å². The van der Waals surface area contributed by atoms with Gasteiger partial charge in [0, 0.05) is 34.3 Å². The molecule has 0 aliphatic carbocycles. The van der Waals surface area contributed by atoms with Gasteiger partial charge in [-0.05, 0) is 26.0 Å². The number of benzene rings is 2. The van der Waals surface area contributed by atoms with Crippen molar-refractivity contribution in [3.05, 3.63) is 65.9 Å². The van der Waals surface area contributed by atoms with E-state index in [0.717, 1.165) is 27.8 Å². The number of carbonyl (C=O) groups excluding carboxylic acids is 1. The van der Waals surface area contributed by atoms with Crippen LogP contribution < -0.4 is 10.1 Å². The lowest BCUT2D eigenvalue weighted by Gasteiger charge is -2.21. The Kier molecular flexibility index (Phi) is 4.67. The number of nitrogens with one attached hydrogen (secondary N) is 2. The van der Waals surface area contributed by atoms with Gasteiger partial charge in [0.2, 0.25) is 0 Å². The molecule has 1 aromatic heterocycles. The molecule has 4 nitrogen and oxygen atoms in total. The van der Waals surface area contributed by atoms with Crippen molar-refractivity contribution in [2.24, 2.45) is 0 Å². The summed E-state index contributed by atoms with van der Waals surface area (Å²) in [6.07, 6.45) is 1.79. The van der Waals surface area contributed by atoms with Crippen LogP contribution in [0.15, 0.2) is 54.7 Å². The summed E-state index contributed by atoms with van der Waals surface area (Å²) in [7, 11) is 1.66. The Morgan fingerprint density at radius 1 is 1.08 bits per heavy atom. The molecule has 0 fully saturated rings. The molecule has 0 saturated carbocycles. The first-order valence-electron chi connectivity index (χ1n) is 8.11. The van der Waals surface area contributed by atoms with Crippen molar-refractivity contribution in [1.82, 2.24) is 10.3 Å². The maximum Gasteiger partial charge on any atom is 0.181 e. The number of Topliss-reactive ketones (excluding diaryl/α,β-unsaturated/α-hetero) is 1. The van der Waals surface area contributed by atoms with E-state index in [0.29, 0.717) is 0 Å². The van der Waals surface area contributed by atoms with Gasteiger partial charge in [0.1, 0.15) is 5.75 Å². The number of hydrogen-bond acceptors (Lipinski definition) is 3. The van der Waals surface area contributed by atoms with Crippen LogP contribution in [0.2, 0.25) is 0 Å². The van der Waals surface area contributed by atoms with E-state index in [1.165, 1.54) is 0 Å². The zero-order valence-electron chi connectivity index (χ0n) is 14.2. The fourth-order valence-corrected chi connectivity index (χ4v) is 3.07. The van der Waals surface area contributed by atoms with Crippen molar-refractivity contribution in [3.8, 4) is 5.75 Å². The summed E-state index contributed by atoms with van der Waals surface area (Å²) in [4.78, 5) is 16.0. The number of H-pyrrole nitrogens is 1. The fourth-order valence-electron chi connectivity index (χ4n) is 3.07. The first-order chi connectivity index (χ1) is 11.6. The molecule has 0 radical (unpaired) electrons. The molecule has 4 heteroatoms. The third kappa shape index (κ3) is 3.05. The highest BCUT2D eigenvalue weighted by Gasteiger charge is 2.21. The molecule has 0 unspecified atom stereocenters. The van der Waals surface area contributed by atoms with Crippen LogP contribution in [0, 0.1) is 0 Å². The first-order valence-corrected chi connectivity index (χ1v) is 8.11. The molecule has 2 atom stereocenters. The minimum atomic E-state index is -0.302. The van der Waals surface area contributed by atoms with E-state index < -0.39 is 0 Å². The Morgan fingerprint density at radius 3 is 2.58 bits per heavy atom. The summed E-state index contributed by atoms with van der Waals surface area (Å²) < 4.78 is 5.41. The third-order valence-corrected chi connectivity index (χ3v) is 4.35. The van der Waals surface area contributed by atoms with E-state index in [9.17, 15) is 4.79 Å². The lowest BCUT2D eigenvalue weighted by molar-refractivity contribution is 0.0947. The Bertz CT molecular complexity index is 853. The molecule has 24 heavy (non-hydrogen) atoms. The highest BCUT2D eigenvalue weighted by Crippen LogP contribution is 2.25. The van der Waals surface area contributed by atoms with Gasteiger partial charge in [-0.1, -0.05) is 36.4 Å². The van der Waals surface area contributed by atoms with Crippen LogP contribution in [0.5, 0.6) is 5.75 Å². The van der Waals surface area contributed by atoms with Gasteiger partial charge in [-0.15, -0.1) is 0 Å². The Hall–Kier alpha value is -2.59. The van der Waals surface area contributed by atoms with Crippen LogP contribution in [-0.2, 0) is 0 Å². The molecule has 2 N–H and O–H groups in total. The van der Waals surface area contributed by atoms with Gasteiger partial charge < -0.3 is 15.0 Å². The highest BCUT2D eigenvalue weighted by atomic mass is 16.5. The molecular weight excluding hydrogens is 300 g/mol. The van der Waals surface area contributed by atoms with Crippen molar-refractivity contribution in [2.45, 2.75) is 25.9 Å². The van der Waals surface area contributed by atoms with Crippen LogP contribution in [0.25, 0.3) is 10.9 Å². The summed E-state index contributed by atoms with van der Waals surface area (Å²) in [5.74, 6) is 0.901. The number of rotatable bonds is 6. The van der Waals surface area contributed by atoms with Gasteiger partial charge in [0.25, 0.3) is 0 Å². The van der Waals surface area contributed by atoms with E-state index in [-0.39, 0.29) is 17.9 Å². The van der Waals surface area contributed by atoms with Crippen LogP contribution in [0.3, 0.4) is 0 Å². The van der Waals surface area contributed by atoms with Crippen molar-refractivity contribution in [3.63, 3.8) is 0 Å². The number of ether oxygens (including phenoxy) is 1. The molecule has 0 amide bonds. The standard InChI is InChI=1S/C20H22N2O2/c1-13(15-8-5-7-11-19(15)24-3)22-14(2)20(23)17-12-21-18-10-6-4-9-16(17)18/h4-14,21-22H,1-3H3/t13-,14+/m0/s1. The predicted octanol–water partition coefficient (Wildman–Crippen LogP) is 4.10. The van der Waals surface area contributed by atoms with Crippen molar-refractivity contribution >= 4 is 16.7 Å². The monoisotopic (exact) mass is 322 g/mol. The maximum absolute atomic E-state index is 12.8. The second-order valence-electron chi connectivity index (χ2n) is 5.96. The van der Waals surface area contributed by atoms with E-state index in [2.05, 4.69) is 10.3 Å². The lowest BCUT2D eigenvalue weighted by atomic mass is 10.0. The van der Waals surface area contributed by atoms with Gasteiger partial charge in [0.15, 0.2) is 5.78 Å². The number of hydrogen-bond donors (Lipinski definition) is 2. The summed E-state index contributed by atoms with van der Waals surface area (Å²) >= 11 is 0. The van der Waals surface area contributed by atoms with Crippen molar-refractivity contribution in [1.29, 1.82) is 0 Å². The molecule has 1 heterocycles. The highest BCUT2D eigenvalue weighted by molar-refractivity contribution is 6.10. The average Bonchev–Trinajstić information content (AvgIpc) is 3.04. The number of para-hydroxylation sites is 2. The maximum atomic E-state index is 12.8. The third-order valence-electron chi connectivity index (χ3n) is 4.35. The van der Waals surface area contributed by atoms with Crippen LogP contribution >= 0.6 is 0 Å². The summed E-state index contributed by atoms with van der Waals surface area (Å²) in [6.45, 7) is 3.94. The fraction of sp³-hybridized carbons (Fsp3) is 0.250. The van der Waals surface area contributed by atoms with Gasteiger partial charge in [-0.3, -0.25) is 4.79 Å². The van der Waals surface area contributed by atoms with Gasteiger partial charge >= 0.3 is 0 Å². The largest absolute Gasteiger partial charge is 0.496 e. The zero-order valence-corrected chi connectivity index (χ0v) is 14.2. The molecule has 3 rings (SSSR count). The van der Waals surface area contributed by atoms with Crippen molar-refractivity contribution < 1.29 is 9.53 Å². The number of ketones is 1. The van der Waals surface area contributed by atoms with Crippen LogP contribution in [0.1, 0.15) is 35.8 Å². The second kappa shape index (κ2) is 6.89. The number of fused-ring (bicyclic) bond motifs is 1. The summed E-state index contributed by atoms with van der Waals surface area (Å²) in [5, 5.41) is 4.34. The molecule has 0 spiro atoms. The normalized spacial score (nSPS) is 13.6. The molecular formula is C20H22N2O2. The van der Waals surface area contributed by atoms with Crippen LogP contribution in [0.4, 0.5) is 0 Å². The van der Waals surface area contributed by atoms with E-state index >= 15 is 0 Å². The predicted molar refractivity (Wildman–Crippen MR) is 96.6 cm³/mol. The Balaban J connectivity index is 1.79. The minimum Gasteiger partial charge on any atom is -0.496 e. The molecule has 0 saturated heterocycles. The number of carbonyl (C=O) groups is 1. The lowest BCUT2D eigenvalue weighted by Crippen LogP contribution is -2.35. The minimum absolute atomic E-state index is 0.00491. The second-order valence-corrected chi connectivity index (χ2v) is 5.96. The summed E-state index contributed by atoms with van der Waals surface area (Å²) in [6, 6.07) is 15.4. The van der Waals surface area contributed by atoms with Gasteiger partial charge in [-0.25, -0.2) is 0 Å². The number of aromatic amines is 1. The number of methoxy groups -OCH3 is 1. The smallest absolute Gasteiger partial charge is 0.181 e. The van der Waals surface area contributed by atoms with Crippen molar-refractivity contribution in [2.75, 3.05) is 7.11 Å². The average molecular weight is 322 g/mol. The van der Waals surface area contributed by atoms with E-state index in [1.54, 1.807) is 13.3 Å². The summed E-state index contributed by atoms with van der Waals surface area (Å²) in [5.41, 5.74) is 2.74. The molecule has 2 aromatic carbocycles. The molecule has 3 aromatic rings. The molecule has 124 valence electrons. The Morgan fingerprint density at radius 2 is 1.79 bits per heavy atom. The van der Waals surface area contributed by atoms with E-state index in [1.807, 2.05) is 62.4 Å². The quantitative estimate of drug-likeness (QED) is 0.672. The molecule has 0 bridgehead atoms. The molecule has 0 aliphatic heterocycles. The first kappa shape index (κ1) is 16.3.